The summed E-state index contributed by atoms with van der Waals surface area (Å²) in [5.74, 6) is -0.419. The zero-order valence-corrected chi connectivity index (χ0v) is 10.7. The first-order valence-electron chi connectivity index (χ1n) is 4.96. The van der Waals surface area contributed by atoms with Crippen LogP contribution < -0.4 is 0 Å². The molecule has 0 aromatic rings. The topological polar surface area (TPSA) is 44.8 Å². The summed E-state index contributed by atoms with van der Waals surface area (Å²) in [5.41, 5.74) is 0. The zero-order valence-electron chi connectivity index (χ0n) is 9.75. The molecule has 0 rings (SSSR count). The van der Waals surface area contributed by atoms with Crippen LogP contribution in [0.15, 0.2) is 12.7 Å². The Kier molecular flexibility index (Phi) is 7.28. The molecule has 0 bridgehead atoms. The van der Waals surface area contributed by atoms with Crippen molar-refractivity contribution in [2.24, 2.45) is 0 Å². The van der Waals surface area contributed by atoms with Crippen LogP contribution in [0.2, 0.25) is 19.6 Å². The van der Waals surface area contributed by atoms with Gasteiger partial charge >= 0.3 is 5.97 Å². The van der Waals surface area contributed by atoms with Crippen molar-refractivity contribution >= 4 is 14.3 Å². The van der Waals surface area contributed by atoms with Crippen LogP contribution in [-0.2, 0) is 18.7 Å². The van der Waals surface area contributed by atoms with Gasteiger partial charge in [0.05, 0.1) is 19.8 Å². The molecule has 0 unspecified atom stereocenters. The van der Waals surface area contributed by atoms with Crippen molar-refractivity contribution in [3.8, 4) is 0 Å². The molecule has 0 saturated carbocycles. The van der Waals surface area contributed by atoms with Crippen molar-refractivity contribution in [3.05, 3.63) is 12.7 Å². The van der Waals surface area contributed by atoms with E-state index in [4.69, 9.17) is 13.9 Å². The molecule has 0 saturated heterocycles. The molecule has 0 aliphatic heterocycles. The van der Waals surface area contributed by atoms with Gasteiger partial charge < -0.3 is 13.9 Å². The third-order valence-corrected chi connectivity index (χ3v) is 2.47. The molecule has 4 nitrogen and oxygen atoms in total. The molecule has 0 aliphatic carbocycles. The van der Waals surface area contributed by atoms with Gasteiger partial charge in [-0.15, -0.1) is 0 Å². The Hall–Kier alpha value is -0.653. The predicted octanol–water partition coefficient (Wildman–Crippen LogP) is 1.58. The van der Waals surface area contributed by atoms with Crippen molar-refractivity contribution < 1.29 is 18.7 Å². The standard InChI is InChI=1S/C10H20O4Si/c1-5-10(11)13-8-6-12-7-9-14-15(2,3)4/h5H,1,6-9H2,2-4H3. The molecule has 0 aliphatic rings. The number of hydrogen-bond acceptors (Lipinski definition) is 4. The molecule has 0 heterocycles. The average molecular weight is 232 g/mol. The Balaban J connectivity index is 3.19. The maximum absolute atomic E-state index is 10.6. The number of ether oxygens (including phenoxy) is 2. The molecule has 0 aromatic carbocycles. The first kappa shape index (κ1) is 14.3. The molecule has 15 heavy (non-hydrogen) atoms. The van der Waals surface area contributed by atoms with Gasteiger partial charge in [-0.1, -0.05) is 6.58 Å². The van der Waals surface area contributed by atoms with Crippen LogP contribution in [-0.4, -0.2) is 40.7 Å². The van der Waals surface area contributed by atoms with E-state index in [-0.39, 0.29) is 6.61 Å². The van der Waals surface area contributed by atoms with Crippen LogP contribution in [0.4, 0.5) is 0 Å². The van der Waals surface area contributed by atoms with E-state index in [2.05, 4.69) is 26.2 Å². The van der Waals surface area contributed by atoms with Gasteiger partial charge in [0.25, 0.3) is 0 Å². The van der Waals surface area contributed by atoms with Gasteiger partial charge in [-0.25, -0.2) is 4.79 Å². The summed E-state index contributed by atoms with van der Waals surface area (Å²) in [6.07, 6.45) is 1.13. The third kappa shape index (κ3) is 11.3. The van der Waals surface area contributed by atoms with Gasteiger partial charge in [-0.2, -0.15) is 0 Å². The number of esters is 1. The summed E-state index contributed by atoms with van der Waals surface area (Å²) in [5, 5.41) is 0. The van der Waals surface area contributed by atoms with Gasteiger partial charge in [0, 0.05) is 6.08 Å². The molecule has 0 aromatic heterocycles. The monoisotopic (exact) mass is 232 g/mol. The normalized spacial score (nSPS) is 11.1. The summed E-state index contributed by atoms with van der Waals surface area (Å²) < 4.78 is 15.5. The number of carbonyl (C=O) groups is 1. The van der Waals surface area contributed by atoms with E-state index in [1.54, 1.807) is 0 Å². The van der Waals surface area contributed by atoms with Crippen LogP contribution in [0, 0.1) is 0 Å². The SMILES string of the molecule is C=CC(=O)OCCOCCO[Si](C)(C)C. The van der Waals surface area contributed by atoms with Crippen molar-refractivity contribution in [3.63, 3.8) is 0 Å². The van der Waals surface area contributed by atoms with Crippen LogP contribution in [0.3, 0.4) is 0 Å². The fourth-order valence-electron chi connectivity index (χ4n) is 0.769. The maximum Gasteiger partial charge on any atom is 0.330 e. The molecular weight excluding hydrogens is 212 g/mol. The largest absolute Gasteiger partial charge is 0.460 e. The molecular formula is C10H20O4Si. The molecule has 0 radical (unpaired) electrons. The van der Waals surface area contributed by atoms with Crippen molar-refractivity contribution in [2.75, 3.05) is 26.4 Å². The number of hydrogen-bond donors (Lipinski definition) is 0. The maximum atomic E-state index is 10.6. The van der Waals surface area contributed by atoms with Gasteiger partial charge in [0.15, 0.2) is 8.32 Å². The first-order chi connectivity index (χ1) is 6.95. The Bertz CT molecular complexity index is 198. The van der Waals surface area contributed by atoms with Crippen LogP contribution in [0.5, 0.6) is 0 Å². The molecule has 0 N–H and O–H groups in total. The van der Waals surface area contributed by atoms with E-state index >= 15 is 0 Å². The van der Waals surface area contributed by atoms with Crippen molar-refractivity contribution in [1.82, 2.24) is 0 Å². The molecule has 0 amide bonds. The van der Waals surface area contributed by atoms with E-state index in [1.807, 2.05) is 0 Å². The van der Waals surface area contributed by atoms with Gasteiger partial charge in [-0.3, -0.25) is 0 Å². The minimum Gasteiger partial charge on any atom is -0.460 e. The fraction of sp³-hybridized carbons (Fsp3) is 0.700. The Morgan fingerprint density at radius 1 is 1.20 bits per heavy atom. The Labute approximate surface area is 92.3 Å². The van der Waals surface area contributed by atoms with E-state index in [9.17, 15) is 4.79 Å². The zero-order chi connectivity index (χ0) is 11.7. The van der Waals surface area contributed by atoms with Crippen molar-refractivity contribution in [2.45, 2.75) is 19.6 Å². The van der Waals surface area contributed by atoms with Gasteiger partial charge in [-0.05, 0) is 19.6 Å². The third-order valence-electron chi connectivity index (χ3n) is 1.40. The lowest BCUT2D eigenvalue weighted by Crippen LogP contribution is -2.27. The molecule has 0 spiro atoms. The molecule has 0 atom stereocenters. The second kappa shape index (κ2) is 7.61. The minimum absolute atomic E-state index is 0.262. The molecule has 0 fully saturated rings. The lowest BCUT2D eigenvalue weighted by Gasteiger charge is -2.16. The van der Waals surface area contributed by atoms with E-state index in [1.165, 1.54) is 0 Å². The Morgan fingerprint density at radius 2 is 1.80 bits per heavy atom. The lowest BCUT2D eigenvalue weighted by molar-refractivity contribution is -0.139. The van der Waals surface area contributed by atoms with Crippen LogP contribution in [0.25, 0.3) is 0 Å². The van der Waals surface area contributed by atoms with Gasteiger partial charge in [0.2, 0.25) is 0 Å². The number of rotatable bonds is 8. The highest BCUT2D eigenvalue weighted by Crippen LogP contribution is 2.01. The highest BCUT2D eigenvalue weighted by molar-refractivity contribution is 6.69. The quantitative estimate of drug-likeness (QED) is 0.276. The van der Waals surface area contributed by atoms with E-state index in [0.717, 1.165) is 6.08 Å². The summed E-state index contributed by atoms with van der Waals surface area (Å²) in [6.45, 7) is 11.5. The summed E-state index contributed by atoms with van der Waals surface area (Å²) in [7, 11) is -1.43. The molecule has 88 valence electrons. The smallest absolute Gasteiger partial charge is 0.330 e. The highest BCUT2D eigenvalue weighted by Gasteiger charge is 2.12. The minimum atomic E-state index is -1.43. The van der Waals surface area contributed by atoms with Crippen molar-refractivity contribution in [1.29, 1.82) is 0 Å². The summed E-state index contributed by atoms with van der Waals surface area (Å²) in [4.78, 5) is 10.6. The van der Waals surface area contributed by atoms with Gasteiger partial charge in [0.1, 0.15) is 6.61 Å². The second-order valence-corrected chi connectivity index (χ2v) is 8.46. The van der Waals surface area contributed by atoms with Crippen LogP contribution >= 0.6 is 0 Å². The second-order valence-electron chi connectivity index (χ2n) is 3.94. The fourth-order valence-corrected chi connectivity index (χ4v) is 1.46. The Morgan fingerprint density at radius 3 is 2.33 bits per heavy atom. The summed E-state index contributed by atoms with van der Waals surface area (Å²) in [6, 6.07) is 0. The number of carbonyl (C=O) groups excluding carboxylic acids is 1. The average Bonchev–Trinajstić information content (AvgIpc) is 2.14. The van der Waals surface area contributed by atoms with E-state index in [0.29, 0.717) is 19.8 Å². The highest BCUT2D eigenvalue weighted by atomic mass is 28.4. The van der Waals surface area contributed by atoms with E-state index < -0.39 is 14.3 Å². The first-order valence-corrected chi connectivity index (χ1v) is 8.37. The lowest BCUT2D eigenvalue weighted by atomic mass is 10.6. The summed E-state index contributed by atoms with van der Waals surface area (Å²) >= 11 is 0. The predicted molar refractivity (Wildman–Crippen MR) is 61.3 cm³/mol. The molecule has 5 heteroatoms. The van der Waals surface area contributed by atoms with Crippen LogP contribution in [0.1, 0.15) is 0 Å².